The molecule has 1 aromatic carbocycles. The molecule has 1 fully saturated rings. The number of thiophene rings is 1. The molecule has 1 aliphatic heterocycles. The number of hydrogen-bond donors (Lipinski definition) is 0. The molecule has 1 amide bonds. The molecule has 0 aliphatic carbocycles. The highest BCUT2D eigenvalue weighted by atomic mass is 32.2. The van der Waals surface area contributed by atoms with E-state index in [4.69, 9.17) is 0 Å². The zero-order valence-corrected chi connectivity index (χ0v) is 16.7. The Morgan fingerprint density at radius 2 is 1.88 bits per heavy atom. The van der Waals surface area contributed by atoms with Gasteiger partial charge in [-0.1, -0.05) is 19.9 Å². The Morgan fingerprint density at radius 1 is 1.19 bits per heavy atom. The van der Waals surface area contributed by atoms with Crippen molar-refractivity contribution in [2.45, 2.75) is 37.6 Å². The molecule has 2 heterocycles. The number of carbonyl (C=O) groups excluding carboxylic acids is 1. The highest BCUT2D eigenvalue weighted by Crippen LogP contribution is 2.35. The minimum absolute atomic E-state index is 0.0345. The van der Waals surface area contributed by atoms with Gasteiger partial charge >= 0.3 is 0 Å². The summed E-state index contributed by atoms with van der Waals surface area (Å²) in [5.41, 5.74) is 0.534. The summed E-state index contributed by atoms with van der Waals surface area (Å²) < 4.78 is 26.6. The first kappa shape index (κ1) is 19.1. The lowest BCUT2D eigenvalue weighted by molar-refractivity contribution is 0.0737. The molecule has 0 spiro atoms. The van der Waals surface area contributed by atoms with Crippen LogP contribution in [0.2, 0.25) is 0 Å². The molecule has 0 N–H and O–H groups in total. The third-order valence-electron chi connectivity index (χ3n) is 4.83. The van der Waals surface area contributed by atoms with E-state index in [0.717, 1.165) is 19.4 Å². The zero-order valence-electron chi connectivity index (χ0n) is 15.1. The van der Waals surface area contributed by atoms with Crippen LogP contribution in [0, 0.1) is 0 Å². The predicted molar refractivity (Wildman–Crippen MR) is 104 cm³/mol. The second-order valence-corrected chi connectivity index (χ2v) is 9.20. The molecule has 1 aromatic heterocycles. The number of sulfonamides is 1. The first-order valence-corrected chi connectivity index (χ1v) is 11.3. The summed E-state index contributed by atoms with van der Waals surface area (Å²) >= 11 is 1.67. The predicted octanol–water partition coefficient (Wildman–Crippen LogP) is 3.76. The van der Waals surface area contributed by atoms with Crippen molar-refractivity contribution in [3.63, 3.8) is 0 Å². The number of amides is 1. The van der Waals surface area contributed by atoms with Crippen molar-refractivity contribution >= 4 is 27.3 Å². The number of likely N-dealkylation sites (tertiary alicyclic amines) is 1. The molecule has 1 atom stereocenters. The van der Waals surface area contributed by atoms with Gasteiger partial charge < -0.3 is 4.90 Å². The van der Waals surface area contributed by atoms with E-state index in [9.17, 15) is 13.2 Å². The van der Waals surface area contributed by atoms with Gasteiger partial charge in [0, 0.05) is 30.1 Å². The molecule has 2 aromatic rings. The molecular weight excluding hydrogens is 368 g/mol. The van der Waals surface area contributed by atoms with Crippen molar-refractivity contribution in [3.8, 4) is 0 Å². The van der Waals surface area contributed by atoms with Gasteiger partial charge in [-0.25, -0.2) is 8.42 Å². The Hall–Kier alpha value is -1.70. The Kier molecular flexibility index (Phi) is 5.79. The maximum atomic E-state index is 12.9. The van der Waals surface area contributed by atoms with Gasteiger partial charge in [0.25, 0.3) is 5.91 Å². The van der Waals surface area contributed by atoms with Crippen LogP contribution in [0.5, 0.6) is 0 Å². The Labute approximate surface area is 159 Å². The van der Waals surface area contributed by atoms with Gasteiger partial charge in [-0.3, -0.25) is 4.79 Å². The lowest BCUT2D eigenvalue weighted by Gasteiger charge is -2.24. The molecule has 1 aliphatic rings. The van der Waals surface area contributed by atoms with E-state index < -0.39 is 10.0 Å². The third-order valence-corrected chi connectivity index (χ3v) is 7.87. The fraction of sp³-hybridized carbons (Fsp3) is 0.421. The maximum absolute atomic E-state index is 12.9. The fourth-order valence-electron chi connectivity index (χ4n) is 3.43. The standard InChI is InChI=1S/C19H24N2O3S2/c1-3-20(4-2)26(23,24)16-11-9-15(10-12-16)19(22)21-13-5-7-17(21)18-8-6-14-25-18/h6,8-12,14,17H,3-5,7,13H2,1-2H3. The van der Waals surface area contributed by atoms with Crippen molar-refractivity contribution in [2.75, 3.05) is 19.6 Å². The van der Waals surface area contributed by atoms with Crippen LogP contribution in [0.4, 0.5) is 0 Å². The van der Waals surface area contributed by atoms with Gasteiger partial charge in [-0.15, -0.1) is 11.3 Å². The van der Waals surface area contributed by atoms with Crippen molar-refractivity contribution in [1.29, 1.82) is 0 Å². The highest BCUT2D eigenvalue weighted by Gasteiger charge is 2.31. The van der Waals surface area contributed by atoms with Crippen LogP contribution in [0.15, 0.2) is 46.7 Å². The van der Waals surface area contributed by atoms with E-state index in [1.165, 1.54) is 21.3 Å². The Bertz CT molecular complexity index is 841. The molecule has 7 heteroatoms. The fourth-order valence-corrected chi connectivity index (χ4v) is 5.77. The molecule has 5 nitrogen and oxygen atoms in total. The summed E-state index contributed by atoms with van der Waals surface area (Å²) in [7, 11) is -3.50. The molecular formula is C19H24N2O3S2. The molecule has 1 unspecified atom stereocenters. The second kappa shape index (κ2) is 7.90. The molecule has 0 bridgehead atoms. The zero-order chi connectivity index (χ0) is 18.7. The third kappa shape index (κ3) is 3.56. The molecule has 0 radical (unpaired) electrons. The summed E-state index contributed by atoms with van der Waals surface area (Å²) in [6.07, 6.45) is 1.96. The lowest BCUT2D eigenvalue weighted by atomic mass is 10.1. The maximum Gasteiger partial charge on any atom is 0.254 e. The molecule has 140 valence electrons. The molecule has 0 saturated carbocycles. The van der Waals surface area contributed by atoms with E-state index in [2.05, 4.69) is 6.07 Å². The smallest absolute Gasteiger partial charge is 0.254 e. The van der Waals surface area contributed by atoms with Crippen LogP contribution >= 0.6 is 11.3 Å². The van der Waals surface area contributed by atoms with E-state index in [1.54, 1.807) is 23.5 Å². The summed E-state index contributed by atoms with van der Waals surface area (Å²) in [4.78, 5) is 16.3. The van der Waals surface area contributed by atoms with Crippen LogP contribution in [-0.4, -0.2) is 43.2 Å². The Morgan fingerprint density at radius 3 is 2.46 bits per heavy atom. The number of rotatable bonds is 6. The molecule has 1 saturated heterocycles. The van der Waals surface area contributed by atoms with Crippen molar-refractivity contribution in [3.05, 3.63) is 52.2 Å². The van der Waals surface area contributed by atoms with Crippen LogP contribution in [-0.2, 0) is 10.0 Å². The average Bonchev–Trinajstić information content (AvgIpc) is 3.33. The average molecular weight is 393 g/mol. The van der Waals surface area contributed by atoms with Crippen LogP contribution in [0.25, 0.3) is 0 Å². The van der Waals surface area contributed by atoms with Crippen LogP contribution in [0.1, 0.15) is 48.0 Å². The quantitative estimate of drug-likeness (QED) is 0.752. The van der Waals surface area contributed by atoms with E-state index >= 15 is 0 Å². The summed E-state index contributed by atoms with van der Waals surface area (Å²) in [5.74, 6) is -0.0345. The number of benzene rings is 1. The first-order valence-electron chi connectivity index (χ1n) is 8.93. The number of hydrogen-bond acceptors (Lipinski definition) is 4. The van der Waals surface area contributed by atoms with Gasteiger partial charge in [-0.2, -0.15) is 4.31 Å². The van der Waals surface area contributed by atoms with Gasteiger partial charge in [0.15, 0.2) is 0 Å². The monoisotopic (exact) mass is 392 g/mol. The topological polar surface area (TPSA) is 57.7 Å². The van der Waals surface area contributed by atoms with Crippen molar-refractivity contribution < 1.29 is 13.2 Å². The van der Waals surface area contributed by atoms with Crippen LogP contribution < -0.4 is 0 Å². The van der Waals surface area contributed by atoms with E-state index in [-0.39, 0.29) is 16.8 Å². The highest BCUT2D eigenvalue weighted by molar-refractivity contribution is 7.89. The van der Waals surface area contributed by atoms with Crippen molar-refractivity contribution in [2.24, 2.45) is 0 Å². The van der Waals surface area contributed by atoms with Gasteiger partial charge in [0.1, 0.15) is 0 Å². The summed E-state index contributed by atoms with van der Waals surface area (Å²) in [5, 5.41) is 2.03. The SMILES string of the molecule is CCN(CC)S(=O)(=O)c1ccc(C(=O)N2CCCC2c2cccs2)cc1. The number of nitrogens with zero attached hydrogens (tertiary/aromatic N) is 2. The van der Waals surface area contributed by atoms with Crippen molar-refractivity contribution in [1.82, 2.24) is 9.21 Å². The van der Waals surface area contributed by atoms with E-state index in [1.807, 2.05) is 30.2 Å². The minimum atomic E-state index is -3.50. The van der Waals surface area contributed by atoms with Gasteiger partial charge in [0.05, 0.1) is 10.9 Å². The van der Waals surface area contributed by atoms with E-state index in [0.29, 0.717) is 18.7 Å². The summed E-state index contributed by atoms with van der Waals surface area (Å²) in [6.45, 7) is 5.22. The molecule has 3 rings (SSSR count). The largest absolute Gasteiger partial charge is 0.331 e. The minimum Gasteiger partial charge on any atom is -0.331 e. The number of carbonyl (C=O) groups is 1. The lowest BCUT2D eigenvalue weighted by Crippen LogP contribution is -2.31. The Balaban J connectivity index is 1.81. The normalized spacial score (nSPS) is 17.8. The molecule has 26 heavy (non-hydrogen) atoms. The van der Waals surface area contributed by atoms with Gasteiger partial charge in [0.2, 0.25) is 10.0 Å². The van der Waals surface area contributed by atoms with Crippen LogP contribution in [0.3, 0.4) is 0 Å². The second-order valence-electron chi connectivity index (χ2n) is 6.29. The first-order chi connectivity index (χ1) is 12.5. The van der Waals surface area contributed by atoms with Gasteiger partial charge in [-0.05, 0) is 48.6 Å². The summed E-state index contributed by atoms with van der Waals surface area (Å²) in [6, 6.07) is 10.5.